The average Bonchev–Trinajstić information content (AvgIpc) is 3.46. The number of benzene rings is 2. The fourth-order valence-corrected chi connectivity index (χ4v) is 5.54. The highest BCUT2D eigenvalue weighted by Gasteiger charge is 2.18. The molecule has 2 aromatic carbocycles. The number of carbonyl (C=O) groups excluding carboxylic acids is 1. The molecule has 0 bridgehead atoms. The Balaban J connectivity index is 1.52. The maximum atomic E-state index is 12.7. The molecule has 1 aliphatic carbocycles. The van der Waals surface area contributed by atoms with Crippen molar-refractivity contribution in [3.63, 3.8) is 0 Å². The van der Waals surface area contributed by atoms with Gasteiger partial charge < -0.3 is 9.30 Å². The van der Waals surface area contributed by atoms with Gasteiger partial charge >= 0.3 is 0 Å². The molecule has 1 aromatic heterocycles. The van der Waals surface area contributed by atoms with Crippen LogP contribution in [-0.4, -0.2) is 30.5 Å². The molecule has 1 heterocycles. The normalized spacial score (nSPS) is 14.6. The molecule has 192 valence electrons. The second kappa shape index (κ2) is 11.5. The van der Waals surface area contributed by atoms with Crippen molar-refractivity contribution in [2.24, 2.45) is 5.92 Å². The van der Waals surface area contributed by atoms with Crippen LogP contribution in [-0.2, 0) is 16.6 Å². The van der Waals surface area contributed by atoms with E-state index < -0.39 is 15.9 Å². The number of amides is 1. The minimum atomic E-state index is -3.86. The first kappa shape index (κ1) is 26.2. The lowest BCUT2D eigenvalue weighted by Crippen LogP contribution is -2.28. The number of imidazole rings is 1. The number of aromatic nitrogens is 2. The topological polar surface area (TPSA) is 90.3 Å². The van der Waals surface area contributed by atoms with Crippen LogP contribution >= 0.6 is 11.6 Å². The molecule has 0 radical (unpaired) electrons. The van der Waals surface area contributed by atoms with E-state index in [9.17, 15) is 13.2 Å². The minimum absolute atomic E-state index is 0.234. The highest BCUT2D eigenvalue weighted by atomic mass is 35.5. The molecular weight excluding hydrogens is 498 g/mol. The van der Waals surface area contributed by atoms with Gasteiger partial charge in [-0.25, -0.2) is 18.1 Å². The Labute approximate surface area is 217 Å². The molecule has 0 spiro atoms. The minimum Gasteiger partial charge on any atom is -0.493 e. The monoisotopic (exact) mass is 529 g/mol. The Morgan fingerprint density at radius 2 is 2.00 bits per heavy atom. The summed E-state index contributed by atoms with van der Waals surface area (Å²) in [5.41, 5.74) is 2.56. The zero-order valence-electron chi connectivity index (χ0n) is 20.7. The number of halogens is 1. The molecule has 0 unspecified atom stereocenters. The summed E-state index contributed by atoms with van der Waals surface area (Å²) in [6.07, 6.45) is 7.98. The van der Waals surface area contributed by atoms with Gasteiger partial charge in [0.2, 0.25) is 0 Å². The van der Waals surface area contributed by atoms with Crippen LogP contribution in [0.2, 0.25) is 5.02 Å². The number of carbonyl (C=O) groups is 1. The molecule has 4 rings (SSSR count). The third-order valence-electron chi connectivity index (χ3n) is 6.48. The van der Waals surface area contributed by atoms with Gasteiger partial charge in [0.1, 0.15) is 11.6 Å². The van der Waals surface area contributed by atoms with Crippen LogP contribution in [0.5, 0.6) is 5.75 Å². The fraction of sp³-hybridized carbons (Fsp3) is 0.407. The summed E-state index contributed by atoms with van der Waals surface area (Å²) in [6.45, 7) is 5.00. The molecular formula is C27H32ClN3O4S. The number of fused-ring (bicyclic) bond motifs is 1. The summed E-state index contributed by atoms with van der Waals surface area (Å²) in [6, 6.07) is 10.7. The standard InChI is InChI=1S/C27H32ClN3O4S/c1-3-4-7-14-36(33,34)30-27(32)21-11-13-25-26(15-21)31(19(2)29-25)17-22-10-12-23(16-24(22)28)35-18-20-8-5-6-9-20/h7,10-16,20H,3-6,8-9,17-18H2,1-2H3,(H,30,32)/b14-7+. The van der Waals surface area contributed by atoms with Crippen LogP contribution in [0.3, 0.4) is 0 Å². The molecule has 1 N–H and O–H groups in total. The van der Waals surface area contributed by atoms with Gasteiger partial charge in [-0.15, -0.1) is 0 Å². The summed E-state index contributed by atoms with van der Waals surface area (Å²) in [7, 11) is -3.86. The van der Waals surface area contributed by atoms with Gasteiger partial charge in [-0.1, -0.05) is 49.9 Å². The van der Waals surface area contributed by atoms with E-state index in [2.05, 4.69) is 9.71 Å². The highest BCUT2D eigenvalue weighted by molar-refractivity contribution is 7.92. The summed E-state index contributed by atoms with van der Waals surface area (Å²) in [5, 5.41) is 1.63. The molecule has 3 aromatic rings. The van der Waals surface area contributed by atoms with Crippen molar-refractivity contribution in [3.8, 4) is 5.75 Å². The molecule has 1 amide bonds. The number of nitrogens with zero attached hydrogens (tertiary/aromatic N) is 2. The molecule has 1 saturated carbocycles. The molecule has 1 fully saturated rings. The van der Waals surface area contributed by atoms with Crippen molar-refractivity contribution >= 4 is 38.6 Å². The smallest absolute Gasteiger partial charge is 0.265 e. The maximum Gasteiger partial charge on any atom is 0.265 e. The van der Waals surface area contributed by atoms with E-state index in [4.69, 9.17) is 16.3 Å². The van der Waals surface area contributed by atoms with E-state index in [1.54, 1.807) is 18.2 Å². The number of sulfonamides is 1. The molecule has 0 aliphatic heterocycles. The molecule has 0 atom stereocenters. The second-order valence-corrected chi connectivity index (χ2v) is 11.3. The van der Waals surface area contributed by atoms with E-state index >= 15 is 0 Å². The predicted molar refractivity (Wildman–Crippen MR) is 143 cm³/mol. The zero-order chi connectivity index (χ0) is 25.7. The molecule has 36 heavy (non-hydrogen) atoms. The molecule has 7 nitrogen and oxygen atoms in total. The number of ether oxygens (including phenoxy) is 1. The quantitative estimate of drug-likeness (QED) is 0.348. The van der Waals surface area contributed by atoms with Crippen LogP contribution in [0.15, 0.2) is 47.9 Å². The third-order valence-corrected chi connectivity index (χ3v) is 7.85. The largest absolute Gasteiger partial charge is 0.493 e. The third kappa shape index (κ3) is 6.48. The SMILES string of the molecule is CCC/C=C/S(=O)(=O)NC(=O)c1ccc2nc(C)n(Cc3ccc(OCC4CCCC4)cc3Cl)c2c1. The van der Waals surface area contributed by atoms with Gasteiger partial charge in [-0.3, -0.25) is 4.79 Å². The van der Waals surface area contributed by atoms with E-state index in [1.165, 1.54) is 31.8 Å². The van der Waals surface area contributed by atoms with Gasteiger partial charge in [0, 0.05) is 16.0 Å². The van der Waals surface area contributed by atoms with Crippen molar-refractivity contribution in [1.82, 2.24) is 14.3 Å². The summed E-state index contributed by atoms with van der Waals surface area (Å²) >= 11 is 6.60. The average molecular weight is 530 g/mol. The number of rotatable bonds is 10. The molecule has 1 aliphatic rings. The van der Waals surface area contributed by atoms with Gasteiger partial charge in [-0.05, 0) is 68.0 Å². The first-order valence-corrected chi connectivity index (χ1v) is 14.3. The number of unbranched alkanes of at least 4 members (excludes halogenated alkanes) is 1. The zero-order valence-corrected chi connectivity index (χ0v) is 22.2. The summed E-state index contributed by atoms with van der Waals surface area (Å²) < 4.78 is 34.4. The van der Waals surface area contributed by atoms with Crippen molar-refractivity contribution in [2.45, 2.75) is 58.9 Å². The fourth-order valence-electron chi connectivity index (χ4n) is 4.48. The van der Waals surface area contributed by atoms with Gasteiger partial charge in [0.15, 0.2) is 0 Å². The van der Waals surface area contributed by atoms with Crippen molar-refractivity contribution in [3.05, 3.63) is 69.9 Å². The Morgan fingerprint density at radius 3 is 2.72 bits per heavy atom. The number of nitrogens with one attached hydrogen (secondary N) is 1. The van der Waals surface area contributed by atoms with E-state index in [0.29, 0.717) is 29.4 Å². The lowest BCUT2D eigenvalue weighted by atomic mass is 10.1. The highest BCUT2D eigenvalue weighted by Crippen LogP contribution is 2.29. The number of hydrogen-bond acceptors (Lipinski definition) is 5. The first-order valence-electron chi connectivity index (χ1n) is 12.4. The Morgan fingerprint density at radius 1 is 1.22 bits per heavy atom. The van der Waals surface area contributed by atoms with E-state index in [0.717, 1.165) is 41.1 Å². The van der Waals surface area contributed by atoms with E-state index in [-0.39, 0.29) is 5.56 Å². The van der Waals surface area contributed by atoms with Crippen LogP contribution in [0.1, 0.15) is 67.2 Å². The predicted octanol–water partition coefficient (Wildman–Crippen LogP) is 5.99. The molecule has 9 heteroatoms. The van der Waals surface area contributed by atoms with Crippen LogP contribution in [0, 0.1) is 12.8 Å². The van der Waals surface area contributed by atoms with Crippen LogP contribution in [0.4, 0.5) is 0 Å². The van der Waals surface area contributed by atoms with Crippen molar-refractivity contribution in [1.29, 1.82) is 0 Å². The first-order chi connectivity index (χ1) is 17.3. The summed E-state index contributed by atoms with van der Waals surface area (Å²) in [4.78, 5) is 17.3. The lowest BCUT2D eigenvalue weighted by molar-refractivity contribution is 0.0982. The van der Waals surface area contributed by atoms with Gasteiger partial charge in [-0.2, -0.15) is 0 Å². The van der Waals surface area contributed by atoms with Crippen LogP contribution < -0.4 is 9.46 Å². The lowest BCUT2D eigenvalue weighted by Gasteiger charge is -2.14. The number of allylic oxidation sites excluding steroid dienone is 1. The second-order valence-electron chi connectivity index (χ2n) is 9.30. The number of aryl methyl sites for hydroxylation is 1. The Bertz CT molecular complexity index is 1380. The van der Waals surface area contributed by atoms with E-state index in [1.807, 2.05) is 36.6 Å². The Kier molecular flexibility index (Phi) is 8.36. The van der Waals surface area contributed by atoms with Crippen molar-refractivity contribution in [2.75, 3.05) is 6.61 Å². The van der Waals surface area contributed by atoms with Gasteiger partial charge in [0.05, 0.1) is 24.2 Å². The number of hydrogen-bond donors (Lipinski definition) is 1. The van der Waals surface area contributed by atoms with Gasteiger partial charge in [0.25, 0.3) is 15.9 Å². The van der Waals surface area contributed by atoms with Crippen molar-refractivity contribution < 1.29 is 17.9 Å². The molecule has 0 saturated heterocycles. The maximum absolute atomic E-state index is 12.7. The Hall–Kier alpha value is -2.84. The van der Waals surface area contributed by atoms with Crippen LogP contribution in [0.25, 0.3) is 11.0 Å². The summed E-state index contributed by atoms with van der Waals surface area (Å²) in [5.74, 6) is 1.45.